The summed E-state index contributed by atoms with van der Waals surface area (Å²) in [6.45, 7) is 0. The van der Waals surface area contributed by atoms with E-state index in [1.807, 2.05) is 0 Å². The van der Waals surface area contributed by atoms with Crippen molar-refractivity contribution in [2.24, 2.45) is 0 Å². The van der Waals surface area contributed by atoms with Gasteiger partial charge in [0.1, 0.15) is 5.54 Å². The van der Waals surface area contributed by atoms with Crippen LogP contribution in [0.3, 0.4) is 0 Å². The van der Waals surface area contributed by atoms with Gasteiger partial charge < -0.3 is 0 Å². The summed E-state index contributed by atoms with van der Waals surface area (Å²) in [5.74, 6) is 0. The summed E-state index contributed by atoms with van der Waals surface area (Å²) in [6.07, 6.45) is 7.27. The third-order valence-electron chi connectivity index (χ3n) is 4.64. The first-order chi connectivity index (χ1) is 7.84. The van der Waals surface area contributed by atoms with Gasteiger partial charge in [-0.25, -0.2) is 0 Å². The Kier molecular flexibility index (Phi) is 1.92. The van der Waals surface area contributed by atoms with Gasteiger partial charge in [0.15, 0.2) is 0 Å². The molecule has 86 valence electrons. The number of hydroxylamine groups is 2. The molecule has 0 aromatic rings. The minimum atomic E-state index is -0.286. The maximum Gasteiger partial charge on any atom is 0.133 e. The molecule has 0 aromatic heterocycles. The van der Waals surface area contributed by atoms with Gasteiger partial charge in [0, 0.05) is 10.5 Å². The Balaban J connectivity index is 1.62. The predicted octanol–water partition coefficient (Wildman–Crippen LogP) is 2.08. The van der Waals surface area contributed by atoms with Crippen molar-refractivity contribution in [3.8, 4) is 6.07 Å². The number of fused-ring (bicyclic) bond motifs is 5. The zero-order chi connectivity index (χ0) is 10.8. The highest BCUT2D eigenvalue weighted by molar-refractivity contribution is 8.07. The number of hydrogen-bond acceptors (Lipinski definition) is 4. The van der Waals surface area contributed by atoms with E-state index in [1.54, 1.807) is 0 Å². The molecule has 4 aliphatic rings. The summed E-state index contributed by atoms with van der Waals surface area (Å²) in [7, 11) is 0. The molecule has 4 rings (SSSR count). The van der Waals surface area contributed by atoms with Crippen molar-refractivity contribution in [2.45, 2.75) is 66.7 Å². The topological polar surface area (TPSA) is 36.3 Å². The second-order valence-corrected chi connectivity index (χ2v) is 6.90. The van der Waals surface area contributed by atoms with Gasteiger partial charge in [0.05, 0.1) is 18.2 Å². The third-order valence-corrected chi connectivity index (χ3v) is 6.16. The Morgan fingerprint density at radius 3 is 2.69 bits per heavy atom. The van der Waals surface area contributed by atoms with E-state index >= 15 is 0 Å². The van der Waals surface area contributed by atoms with Crippen molar-refractivity contribution in [1.29, 1.82) is 5.26 Å². The first kappa shape index (κ1) is 9.76. The number of nitriles is 1. The summed E-state index contributed by atoms with van der Waals surface area (Å²) < 4.78 is 0. The summed E-state index contributed by atoms with van der Waals surface area (Å²) in [5, 5.41) is 13.2. The fourth-order valence-corrected chi connectivity index (χ4v) is 5.11. The second kappa shape index (κ2) is 3.16. The first-order valence-corrected chi connectivity index (χ1v) is 7.31. The Hall–Kier alpha value is -0.240. The Labute approximate surface area is 100 Å². The lowest BCUT2D eigenvalue weighted by Gasteiger charge is -2.41. The SMILES string of the molecule is N#CC1(N2OC3CC2C2SC32)CCCCC1. The lowest BCUT2D eigenvalue weighted by Crippen LogP contribution is -2.53. The van der Waals surface area contributed by atoms with Gasteiger partial charge in [-0.15, -0.1) is 11.8 Å². The molecule has 0 N–H and O–H groups in total. The van der Waals surface area contributed by atoms with Crippen LogP contribution >= 0.6 is 11.8 Å². The van der Waals surface area contributed by atoms with Crippen LogP contribution in [0.1, 0.15) is 38.5 Å². The lowest BCUT2D eigenvalue weighted by atomic mass is 9.82. The molecule has 3 nitrogen and oxygen atoms in total. The Morgan fingerprint density at radius 1 is 1.25 bits per heavy atom. The van der Waals surface area contributed by atoms with Gasteiger partial charge in [-0.1, -0.05) is 19.3 Å². The molecule has 2 saturated heterocycles. The molecule has 4 unspecified atom stereocenters. The van der Waals surface area contributed by atoms with Gasteiger partial charge in [-0.05, 0) is 19.3 Å². The van der Waals surface area contributed by atoms with E-state index in [0.29, 0.717) is 12.1 Å². The fraction of sp³-hybridized carbons (Fsp3) is 0.917. The average Bonchev–Trinajstić information content (AvgIpc) is 2.95. The van der Waals surface area contributed by atoms with Crippen LogP contribution in [0.25, 0.3) is 0 Å². The molecule has 2 heterocycles. The molecule has 2 saturated carbocycles. The van der Waals surface area contributed by atoms with Crippen LogP contribution in [-0.4, -0.2) is 33.2 Å². The average molecular weight is 236 g/mol. The summed E-state index contributed by atoms with van der Waals surface area (Å²) in [4.78, 5) is 6.04. The van der Waals surface area contributed by atoms with E-state index in [9.17, 15) is 5.26 Å². The minimum absolute atomic E-state index is 0.286. The number of rotatable bonds is 1. The van der Waals surface area contributed by atoms with Gasteiger partial charge >= 0.3 is 0 Å². The van der Waals surface area contributed by atoms with Crippen molar-refractivity contribution in [3.05, 3.63) is 0 Å². The normalized spacial score (nSPS) is 48.7. The molecule has 16 heavy (non-hydrogen) atoms. The molecule has 2 aliphatic carbocycles. The van der Waals surface area contributed by atoms with Gasteiger partial charge in [0.25, 0.3) is 0 Å². The maximum absolute atomic E-state index is 9.55. The highest BCUT2D eigenvalue weighted by Crippen LogP contribution is 2.61. The standard InChI is InChI=1S/C12H16N2OS/c13-7-12(4-2-1-3-5-12)14-8-6-9(15-14)11-10(8)16-11/h8-11H,1-6H2. The lowest BCUT2D eigenvalue weighted by molar-refractivity contribution is -0.227. The largest absolute Gasteiger partial charge is 0.293 e. The molecule has 2 bridgehead atoms. The van der Waals surface area contributed by atoms with Crippen LogP contribution in [0.5, 0.6) is 0 Å². The fourth-order valence-electron chi connectivity index (χ4n) is 3.74. The van der Waals surface area contributed by atoms with Crippen molar-refractivity contribution in [1.82, 2.24) is 5.06 Å². The zero-order valence-corrected chi connectivity index (χ0v) is 10.1. The quantitative estimate of drug-likeness (QED) is 0.653. The molecule has 0 radical (unpaired) electrons. The third kappa shape index (κ3) is 1.12. The van der Waals surface area contributed by atoms with E-state index in [2.05, 4.69) is 22.9 Å². The zero-order valence-electron chi connectivity index (χ0n) is 9.26. The van der Waals surface area contributed by atoms with Crippen molar-refractivity contribution in [2.75, 3.05) is 0 Å². The van der Waals surface area contributed by atoms with E-state index < -0.39 is 0 Å². The van der Waals surface area contributed by atoms with Crippen molar-refractivity contribution < 1.29 is 4.84 Å². The van der Waals surface area contributed by atoms with Gasteiger partial charge in [-0.3, -0.25) is 4.84 Å². The smallest absolute Gasteiger partial charge is 0.133 e. The molecule has 4 atom stereocenters. The van der Waals surface area contributed by atoms with Crippen molar-refractivity contribution >= 4 is 11.8 Å². The van der Waals surface area contributed by atoms with Crippen LogP contribution in [0.15, 0.2) is 0 Å². The van der Waals surface area contributed by atoms with Gasteiger partial charge in [-0.2, -0.15) is 10.3 Å². The molecule has 0 amide bonds. The minimum Gasteiger partial charge on any atom is -0.293 e. The molecule has 2 aliphatic heterocycles. The van der Waals surface area contributed by atoms with E-state index in [-0.39, 0.29) is 5.54 Å². The molecule has 4 heteroatoms. The van der Waals surface area contributed by atoms with Gasteiger partial charge in [0.2, 0.25) is 0 Å². The van der Waals surface area contributed by atoms with E-state index in [1.165, 1.54) is 25.7 Å². The number of thioether (sulfide) groups is 1. The number of nitrogens with zero attached hydrogens (tertiary/aromatic N) is 2. The Morgan fingerprint density at radius 2 is 2.06 bits per heavy atom. The predicted molar refractivity (Wildman–Crippen MR) is 61.7 cm³/mol. The molecular formula is C12H16N2OS. The molecular weight excluding hydrogens is 220 g/mol. The Bertz CT molecular complexity index is 361. The van der Waals surface area contributed by atoms with E-state index in [4.69, 9.17) is 4.84 Å². The molecule has 4 fully saturated rings. The van der Waals surface area contributed by atoms with Crippen LogP contribution < -0.4 is 0 Å². The van der Waals surface area contributed by atoms with Crippen LogP contribution in [0.2, 0.25) is 0 Å². The molecule has 0 aromatic carbocycles. The maximum atomic E-state index is 9.55. The second-order valence-electron chi connectivity index (χ2n) is 5.54. The van der Waals surface area contributed by atoms with Crippen LogP contribution in [0.4, 0.5) is 0 Å². The summed E-state index contributed by atoms with van der Waals surface area (Å²) >= 11 is 2.06. The first-order valence-electron chi connectivity index (χ1n) is 6.37. The highest BCUT2D eigenvalue weighted by atomic mass is 32.2. The van der Waals surface area contributed by atoms with Crippen LogP contribution in [-0.2, 0) is 4.84 Å². The van der Waals surface area contributed by atoms with Crippen LogP contribution in [0, 0.1) is 11.3 Å². The van der Waals surface area contributed by atoms with Crippen molar-refractivity contribution in [3.63, 3.8) is 0 Å². The highest BCUT2D eigenvalue weighted by Gasteiger charge is 2.66. The monoisotopic (exact) mass is 236 g/mol. The summed E-state index contributed by atoms with van der Waals surface area (Å²) in [5.41, 5.74) is -0.286. The summed E-state index contributed by atoms with van der Waals surface area (Å²) in [6, 6.07) is 3.11. The number of hydrogen-bond donors (Lipinski definition) is 0. The van der Waals surface area contributed by atoms with E-state index in [0.717, 1.165) is 23.3 Å². The molecule has 0 spiro atoms.